The number of carbonyl (C=O) groups is 1. The molecule has 132 valence electrons. The van der Waals surface area contributed by atoms with Gasteiger partial charge >= 0.3 is 5.97 Å². The van der Waals surface area contributed by atoms with Crippen molar-refractivity contribution >= 4 is 16.0 Å². The maximum Gasteiger partial charge on any atom is 0.347 e. The number of nitrogens with zero attached hydrogens (tertiary/aromatic N) is 1. The van der Waals surface area contributed by atoms with Gasteiger partial charge in [-0.3, -0.25) is 0 Å². The van der Waals surface area contributed by atoms with E-state index >= 15 is 0 Å². The first-order chi connectivity index (χ1) is 11.5. The quantitative estimate of drug-likeness (QED) is 0.774. The summed E-state index contributed by atoms with van der Waals surface area (Å²) in [4.78, 5) is 12.0. The van der Waals surface area contributed by atoms with Gasteiger partial charge in [0.05, 0.1) is 11.5 Å². The molecule has 2 unspecified atom stereocenters. The molecule has 0 amide bonds. The van der Waals surface area contributed by atoms with Crippen molar-refractivity contribution in [1.29, 1.82) is 0 Å². The van der Waals surface area contributed by atoms with Crippen LogP contribution in [0.25, 0.3) is 0 Å². The number of hydrogen-bond donors (Lipinski definition) is 1. The Morgan fingerprint density at radius 3 is 2.92 bits per heavy atom. The SMILES string of the molecule is CCOC(=O)C1Cc2cc(S(=O)(=O)N3CCC(CN)C3)ccc2O1. The lowest BCUT2D eigenvalue weighted by Gasteiger charge is -2.16. The predicted molar refractivity (Wildman–Crippen MR) is 87.1 cm³/mol. The zero-order chi connectivity index (χ0) is 17.3. The molecule has 2 aliphatic heterocycles. The number of rotatable bonds is 5. The van der Waals surface area contributed by atoms with Crippen LogP contribution in [-0.2, 0) is 26.0 Å². The minimum Gasteiger partial charge on any atom is -0.478 e. The zero-order valence-electron chi connectivity index (χ0n) is 13.6. The summed E-state index contributed by atoms with van der Waals surface area (Å²) < 4.78 is 37.5. The molecule has 8 heteroatoms. The summed E-state index contributed by atoms with van der Waals surface area (Å²) in [6.07, 6.45) is 0.406. The van der Waals surface area contributed by atoms with Crippen molar-refractivity contribution in [2.45, 2.75) is 30.8 Å². The van der Waals surface area contributed by atoms with Gasteiger partial charge in [0.25, 0.3) is 0 Å². The van der Waals surface area contributed by atoms with Gasteiger partial charge in [-0.15, -0.1) is 0 Å². The van der Waals surface area contributed by atoms with Crippen molar-refractivity contribution < 1.29 is 22.7 Å². The van der Waals surface area contributed by atoms with Gasteiger partial charge in [-0.2, -0.15) is 4.31 Å². The van der Waals surface area contributed by atoms with Crippen LogP contribution in [0, 0.1) is 5.92 Å². The standard InChI is InChI=1S/C16H22N2O5S/c1-2-22-16(19)15-8-12-7-13(3-4-14(12)23-15)24(20,21)18-6-5-11(9-17)10-18/h3-4,7,11,15H,2,5-6,8-10,17H2,1H3. The Morgan fingerprint density at radius 2 is 2.25 bits per heavy atom. The fraction of sp³-hybridized carbons (Fsp3) is 0.562. The molecule has 0 aromatic heterocycles. The molecule has 1 fully saturated rings. The van der Waals surface area contributed by atoms with Crippen molar-refractivity contribution in [2.75, 3.05) is 26.2 Å². The van der Waals surface area contributed by atoms with Crippen molar-refractivity contribution in [3.05, 3.63) is 23.8 Å². The van der Waals surface area contributed by atoms with Crippen molar-refractivity contribution in [2.24, 2.45) is 11.7 Å². The molecule has 0 spiro atoms. The van der Waals surface area contributed by atoms with E-state index in [0.717, 1.165) is 6.42 Å². The summed E-state index contributed by atoms with van der Waals surface area (Å²) in [7, 11) is -3.55. The minimum atomic E-state index is -3.55. The van der Waals surface area contributed by atoms with Crippen LogP contribution in [0.2, 0.25) is 0 Å². The van der Waals surface area contributed by atoms with E-state index in [0.29, 0.717) is 37.4 Å². The highest BCUT2D eigenvalue weighted by atomic mass is 32.2. The van der Waals surface area contributed by atoms with Crippen LogP contribution < -0.4 is 10.5 Å². The number of fused-ring (bicyclic) bond motifs is 1. The van der Waals surface area contributed by atoms with Gasteiger partial charge in [0.15, 0.2) is 6.10 Å². The summed E-state index contributed by atoms with van der Waals surface area (Å²) in [6, 6.07) is 4.73. The number of sulfonamides is 1. The molecule has 1 saturated heterocycles. The molecular formula is C16H22N2O5S. The molecule has 2 atom stereocenters. The average Bonchev–Trinajstić information content (AvgIpc) is 3.21. The van der Waals surface area contributed by atoms with Crippen LogP contribution in [0.3, 0.4) is 0 Å². The van der Waals surface area contributed by atoms with E-state index in [1.54, 1.807) is 19.1 Å². The minimum absolute atomic E-state index is 0.214. The fourth-order valence-electron chi connectivity index (χ4n) is 3.11. The molecule has 7 nitrogen and oxygen atoms in total. The highest BCUT2D eigenvalue weighted by molar-refractivity contribution is 7.89. The van der Waals surface area contributed by atoms with E-state index in [1.165, 1.54) is 10.4 Å². The Kier molecular flexibility index (Phi) is 4.80. The highest BCUT2D eigenvalue weighted by Gasteiger charge is 2.35. The Balaban J connectivity index is 1.78. The van der Waals surface area contributed by atoms with Crippen molar-refractivity contribution in [3.63, 3.8) is 0 Å². The molecule has 1 aromatic rings. The van der Waals surface area contributed by atoms with Crippen LogP contribution in [0.4, 0.5) is 0 Å². The summed E-state index contributed by atoms with van der Waals surface area (Å²) in [5, 5.41) is 0. The molecule has 0 saturated carbocycles. The van der Waals surface area contributed by atoms with E-state index in [1.807, 2.05) is 0 Å². The van der Waals surface area contributed by atoms with Gasteiger partial charge < -0.3 is 15.2 Å². The highest BCUT2D eigenvalue weighted by Crippen LogP contribution is 2.33. The van der Waals surface area contributed by atoms with Gasteiger partial charge in [0, 0.05) is 19.5 Å². The van der Waals surface area contributed by atoms with E-state index in [-0.39, 0.29) is 17.4 Å². The third-order valence-electron chi connectivity index (χ3n) is 4.48. The molecule has 0 bridgehead atoms. The monoisotopic (exact) mass is 354 g/mol. The molecule has 0 aliphatic carbocycles. The molecule has 3 rings (SSSR count). The fourth-order valence-corrected chi connectivity index (χ4v) is 4.69. The van der Waals surface area contributed by atoms with Crippen LogP contribution in [0.5, 0.6) is 5.75 Å². The molecule has 0 radical (unpaired) electrons. The van der Waals surface area contributed by atoms with E-state index in [2.05, 4.69) is 0 Å². The zero-order valence-corrected chi connectivity index (χ0v) is 14.4. The second-order valence-corrected chi connectivity index (χ2v) is 8.02. The summed E-state index contributed by atoms with van der Waals surface area (Å²) in [5.41, 5.74) is 6.35. The number of benzene rings is 1. The van der Waals surface area contributed by atoms with Gasteiger partial charge in [0.2, 0.25) is 10.0 Å². The summed E-state index contributed by atoms with van der Waals surface area (Å²) in [5.74, 6) is 0.322. The maximum absolute atomic E-state index is 12.8. The van der Waals surface area contributed by atoms with Gasteiger partial charge in [-0.1, -0.05) is 0 Å². The number of hydrogen-bond acceptors (Lipinski definition) is 6. The molecule has 1 aromatic carbocycles. The van der Waals surface area contributed by atoms with Crippen molar-refractivity contribution in [3.8, 4) is 5.75 Å². The molecule has 2 N–H and O–H groups in total. The molecule has 2 aliphatic rings. The Labute approximate surface area is 141 Å². The number of esters is 1. The van der Waals surface area contributed by atoms with Gasteiger partial charge in [-0.25, -0.2) is 13.2 Å². The van der Waals surface area contributed by atoms with Crippen LogP contribution in [0.1, 0.15) is 18.9 Å². The lowest BCUT2D eigenvalue weighted by molar-refractivity contribution is -0.150. The summed E-state index contributed by atoms with van der Waals surface area (Å²) >= 11 is 0. The van der Waals surface area contributed by atoms with E-state index < -0.39 is 22.1 Å². The lowest BCUT2D eigenvalue weighted by atomic mass is 10.1. The average molecular weight is 354 g/mol. The number of carbonyl (C=O) groups excluding carboxylic acids is 1. The Bertz CT molecular complexity index is 734. The maximum atomic E-state index is 12.8. The first-order valence-corrected chi connectivity index (χ1v) is 9.56. The first-order valence-electron chi connectivity index (χ1n) is 8.12. The third kappa shape index (κ3) is 3.13. The van der Waals surface area contributed by atoms with Gasteiger partial charge in [0.1, 0.15) is 5.75 Å². The topological polar surface area (TPSA) is 98.9 Å². The molecule has 24 heavy (non-hydrogen) atoms. The molecular weight excluding hydrogens is 332 g/mol. The van der Waals surface area contributed by atoms with E-state index in [9.17, 15) is 13.2 Å². The van der Waals surface area contributed by atoms with Crippen LogP contribution in [0.15, 0.2) is 23.1 Å². The Morgan fingerprint density at radius 1 is 1.46 bits per heavy atom. The second-order valence-electron chi connectivity index (χ2n) is 6.09. The summed E-state index contributed by atoms with van der Waals surface area (Å²) in [6.45, 7) is 3.45. The number of ether oxygens (including phenoxy) is 2. The van der Waals surface area contributed by atoms with Crippen LogP contribution >= 0.6 is 0 Å². The molecule has 2 heterocycles. The normalized spacial score (nSPS) is 23.8. The third-order valence-corrected chi connectivity index (χ3v) is 6.34. The second kappa shape index (κ2) is 6.70. The smallest absolute Gasteiger partial charge is 0.347 e. The lowest BCUT2D eigenvalue weighted by Crippen LogP contribution is -2.30. The predicted octanol–water partition coefficient (Wildman–Crippen LogP) is 0.523. The van der Waals surface area contributed by atoms with Crippen molar-refractivity contribution in [1.82, 2.24) is 4.31 Å². The largest absolute Gasteiger partial charge is 0.478 e. The van der Waals surface area contributed by atoms with Gasteiger partial charge in [-0.05, 0) is 49.6 Å². The van der Waals surface area contributed by atoms with E-state index in [4.69, 9.17) is 15.2 Å². The Hall–Kier alpha value is -1.64. The van der Waals surface area contributed by atoms with Crippen LogP contribution in [-0.4, -0.2) is 51.0 Å². The number of nitrogens with two attached hydrogens (primary N) is 1. The first kappa shape index (κ1) is 17.2.